The highest BCUT2D eigenvalue weighted by molar-refractivity contribution is 9.08. The molecule has 4 heteroatoms. The smallest absolute Gasteiger partial charge is 0.151 e. The van der Waals surface area contributed by atoms with E-state index in [1.54, 1.807) is 17.4 Å². The van der Waals surface area contributed by atoms with Gasteiger partial charge in [0, 0.05) is 25.9 Å². The van der Waals surface area contributed by atoms with Gasteiger partial charge in [0.2, 0.25) is 0 Å². The van der Waals surface area contributed by atoms with E-state index in [4.69, 9.17) is 11.6 Å². The molecule has 0 saturated carbocycles. The van der Waals surface area contributed by atoms with Gasteiger partial charge in [-0.05, 0) is 0 Å². The second kappa shape index (κ2) is 4.01. The van der Waals surface area contributed by atoms with Crippen molar-refractivity contribution in [1.29, 1.82) is 0 Å². The summed E-state index contributed by atoms with van der Waals surface area (Å²) in [6.07, 6.45) is 0.868. The van der Waals surface area contributed by atoms with Crippen molar-refractivity contribution >= 4 is 55.2 Å². The van der Waals surface area contributed by atoms with E-state index in [2.05, 4.69) is 15.9 Å². The zero-order valence-electron chi connectivity index (χ0n) is 7.09. The van der Waals surface area contributed by atoms with Crippen LogP contribution in [-0.2, 0) is 5.33 Å². The molecular weight excluding hydrogens is 284 g/mol. The molecule has 0 saturated heterocycles. The molecule has 0 fully saturated rings. The fourth-order valence-electron chi connectivity index (χ4n) is 1.34. The average Bonchev–Trinajstić information content (AvgIpc) is 2.55. The van der Waals surface area contributed by atoms with Gasteiger partial charge in [-0.15, -0.1) is 11.3 Å². The first kappa shape index (κ1) is 10.1. The molecule has 14 heavy (non-hydrogen) atoms. The predicted octanol–water partition coefficient (Wildman–Crippen LogP) is 4.26. The van der Waals surface area contributed by atoms with E-state index < -0.39 is 0 Å². The molecule has 0 unspecified atom stereocenters. The Balaban J connectivity index is 2.83. The summed E-state index contributed by atoms with van der Waals surface area (Å²) in [6, 6.07) is 5.59. The third-order valence-corrected chi connectivity index (χ3v) is 4.73. The third kappa shape index (κ3) is 1.49. The number of carbonyl (C=O) groups excluding carboxylic acids is 1. The summed E-state index contributed by atoms with van der Waals surface area (Å²) in [7, 11) is 0. The van der Waals surface area contributed by atoms with Crippen LogP contribution in [0.15, 0.2) is 18.2 Å². The zero-order chi connectivity index (χ0) is 10.1. The van der Waals surface area contributed by atoms with Crippen LogP contribution >= 0.6 is 38.9 Å². The van der Waals surface area contributed by atoms with Crippen LogP contribution in [0.5, 0.6) is 0 Å². The van der Waals surface area contributed by atoms with Gasteiger partial charge >= 0.3 is 0 Å². The number of rotatable bonds is 2. The number of carbonyl (C=O) groups is 1. The molecule has 0 atom stereocenters. The Labute approximate surface area is 98.8 Å². The number of hydrogen-bond donors (Lipinski definition) is 0. The van der Waals surface area contributed by atoms with Gasteiger partial charge in [0.1, 0.15) is 0 Å². The molecule has 0 radical (unpaired) electrons. The van der Waals surface area contributed by atoms with E-state index in [1.807, 2.05) is 12.1 Å². The molecule has 0 spiro atoms. The van der Waals surface area contributed by atoms with Crippen LogP contribution in [-0.4, -0.2) is 6.29 Å². The lowest BCUT2D eigenvalue weighted by Gasteiger charge is -1.92. The monoisotopic (exact) mass is 288 g/mol. The van der Waals surface area contributed by atoms with Crippen LogP contribution in [0.2, 0.25) is 5.02 Å². The molecule has 0 N–H and O–H groups in total. The molecular formula is C10H6BrClOS. The van der Waals surface area contributed by atoms with E-state index in [0.717, 1.165) is 31.6 Å². The van der Waals surface area contributed by atoms with Gasteiger partial charge in [0.05, 0.1) is 5.02 Å². The molecule has 2 rings (SSSR count). The van der Waals surface area contributed by atoms with Gasteiger partial charge in [0.15, 0.2) is 6.29 Å². The molecule has 1 nitrogen and oxygen atoms in total. The van der Waals surface area contributed by atoms with Gasteiger partial charge in [-0.25, -0.2) is 0 Å². The van der Waals surface area contributed by atoms with Crippen LogP contribution in [0, 0.1) is 0 Å². The van der Waals surface area contributed by atoms with Crippen molar-refractivity contribution in [3.05, 3.63) is 33.7 Å². The molecule has 0 aliphatic carbocycles. The number of fused-ring (bicyclic) bond motifs is 1. The van der Waals surface area contributed by atoms with Crippen LogP contribution in [0.3, 0.4) is 0 Å². The Morgan fingerprint density at radius 3 is 2.93 bits per heavy atom. The standard InChI is InChI=1S/C10H6BrClOS/c11-4-8-9(12)7-3-1-2-6(5-13)10(7)14-8/h1-3,5H,4H2. The van der Waals surface area contributed by atoms with Crippen LogP contribution in [0.4, 0.5) is 0 Å². The lowest BCUT2D eigenvalue weighted by Crippen LogP contribution is -1.77. The Morgan fingerprint density at radius 1 is 1.50 bits per heavy atom. The zero-order valence-corrected chi connectivity index (χ0v) is 10.2. The molecule has 1 aromatic carbocycles. The molecule has 1 heterocycles. The first-order valence-corrected chi connectivity index (χ1v) is 6.30. The van der Waals surface area contributed by atoms with Crippen molar-refractivity contribution in [2.24, 2.45) is 0 Å². The molecule has 2 aromatic rings. The Morgan fingerprint density at radius 2 is 2.29 bits per heavy atom. The average molecular weight is 290 g/mol. The summed E-state index contributed by atoms with van der Waals surface area (Å²) in [4.78, 5) is 11.8. The maximum absolute atomic E-state index is 10.8. The van der Waals surface area contributed by atoms with E-state index in [-0.39, 0.29) is 0 Å². The van der Waals surface area contributed by atoms with Crippen molar-refractivity contribution < 1.29 is 4.79 Å². The normalized spacial score (nSPS) is 10.7. The SMILES string of the molecule is O=Cc1cccc2c(Cl)c(CBr)sc12. The van der Waals surface area contributed by atoms with Crippen molar-refractivity contribution in [3.63, 3.8) is 0 Å². The predicted molar refractivity (Wildman–Crippen MR) is 64.9 cm³/mol. The highest BCUT2D eigenvalue weighted by Gasteiger charge is 2.11. The molecule has 0 aliphatic rings. The number of hydrogen-bond acceptors (Lipinski definition) is 2. The van der Waals surface area contributed by atoms with Gasteiger partial charge in [0.25, 0.3) is 0 Å². The van der Waals surface area contributed by atoms with Gasteiger partial charge in [-0.2, -0.15) is 0 Å². The minimum atomic E-state index is 0.710. The summed E-state index contributed by atoms with van der Waals surface area (Å²) in [6.45, 7) is 0. The lowest BCUT2D eigenvalue weighted by atomic mass is 10.2. The Bertz CT molecular complexity index is 492. The summed E-state index contributed by atoms with van der Waals surface area (Å²) in [5, 5.41) is 2.45. The van der Waals surface area contributed by atoms with E-state index in [1.165, 1.54) is 0 Å². The fraction of sp³-hybridized carbons (Fsp3) is 0.100. The highest BCUT2D eigenvalue weighted by Crippen LogP contribution is 2.37. The largest absolute Gasteiger partial charge is 0.298 e. The number of alkyl halides is 1. The van der Waals surface area contributed by atoms with E-state index in [9.17, 15) is 4.79 Å². The minimum absolute atomic E-state index is 0.710. The highest BCUT2D eigenvalue weighted by atomic mass is 79.9. The first-order chi connectivity index (χ1) is 6.77. The number of aldehydes is 1. The van der Waals surface area contributed by atoms with E-state index >= 15 is 0 Å². The molecule has 0 amide bonds. The van der Waals surface area contributed by atoms with Crippen LogP contribution in [0.1, 0.15) is 15.2 Å². The Hall–Kier alpha value is -0.380. The van der Waals surface area contributed by atoms with Crippen molar-refractivity contribution in [2.45, 2.75) is 5.33 Å². The maximum Gasteiger partial charge on any atom is 0.151 e. The van der Waals surface area contributed by atoms with Gasteiger partial charge in [-0.1, -0.05) is 45.7 Å². The Kier molecular flexibility index (Phi) is 2.91. The van der Waals surface area contributed by atoms with Gasteiger partial charge < -0.3 is 0 Å². The summed E-state index contributed by atoms with van der Waals surface area (Å²) >= 11 is 11.1. The third-order valence-electron chi connectivity index (χ3n) is 2.00. The maximum atomic E-state index is 10.8. The quantitative estimate of drug-likeness (QED) is 0.596. The number of halogens is 2. The summed E-state index contributed by atoms with van der Waals surface area (Å²) < 4.78 is 0.974. The van der Waals surface area contributed by atoms with E-state index in [0.29, 0.717) is 5.56 Å². The minimum Gasteiger partial charge on any atom is -0.298 e. The molecule has 0 aliphatic heterocycles. The molecule has 72 valence electrons. The first-order valence-electron chi connectivity index (χ1n) is 3.99. The lowest BCUT2D eigenvalue weighted by molar-refractivity contribution is 0.112. The van der Waals surface area contributed by atoms with Crippen LogP contribution in [0.25, 0.3) is 10.1 Å². The molecule has 0 bridgehead atoms. The van der Waals surface area contributed by atoms with Crippen molar-refractivity contribution in [3.8, 4) is 0 Å². The number of benzene rings is 1. The topological polar surface area (TPSA) is 17.1 Å². The summed E-state index contributed by atoms with van der Waals surface area (Å²) in [5.74, 6) is 0. The van der Waals surface area contributed by atoms with Crippen molar-refractivity contribution in [2.75, 3.05) is 0 Å². The second-order valence-electron chi connectivity index (χ2n) is 2.81. The summed E-state index contributed by atoms with van der Waals surface area (Å²) in [5.41, 5.74) is 0.710. The molecule has 1 aromatic heterocycles. The number of thiophene rings is 1. The van der Waals surface area contributed by atoms with Crippen LogP contribution < -0.4 is 0 Å². The second-order valence-corrected chi connectivity index (χ2v) is 4.86. The fourth-order valence-corrected chi connectivity index (χ4v) is 3.53. The van der Waals surface area contributed by atoms with Crippen molar-refractivity contribution in [1.82, 2.24) is 0 Å². The van der Waals surface area contributed by atoms with Gasteiger partial charge in [-0.3, -0.25) is 4.79 Å².